The standard InChI is InChI=1S/C36H44BIO7SSi/c1-6-25(19-26-20-30(38)35(39)32(21-26)43-5)17-18-31-34-27(24-46(41,42)33(34)22-37(40)45-31)23-44-47(36(2,3)4,28-13-9-7-10-14-28)29-15-11-8-12-16-29/h7-16,19-21,31,33,39-40H,6,17-18,22-24H2,1-5H3/b25-19+/t31-,33+/m1/s1. The number of benzene rings is 3. The van der Waals surface area contributed by atoms with Gasteiger partial charge in [-0.25, -0.2) is 8.42 Å². The SMILES string of the molecule is CC/C(=C\c1cc(I)c(O)c(OC)c1)CC[C@H]1OB(O)C[C@H]2C1=C(CO[Si](c1ccccc1)(c1ccccc1)C(C)(C)C)CS2(=O)=O. The minimum absolute atomic E-state index is 0.0269. The molecule has 0 bridgehead atoms. The zero-order chi connectivity index (χ0) is 34.0. The zero-order valence-electron chi connectivity index (χ0n) is 27.7. The van der Waals surface area contributed by atoms with Crippen molar-refractivity contribution in [2.24, 2.45) is 0 Å². The molecule has 3 aromatic rings. The van der Waals surface area contributed by atoms with E-state index >= 15 is 0 Å². The van der Waals surface area contributed by atoms with Crippen molar-refractivity contribution in [3.05, 3.63) is 98.6 Å². The smallest absolute Gasteiger partial charge is 0.456 e. The van der Waals surface area contributed by atoms with Crippen LogP contribution in [0.3, 0.4) is 0 Å². The van der Waals surface area contributed by atoms with Crippen LogP contribution in [0.25, 0.3) is 6.08 Å². The fourth-order valence-electron chi connectivity index (χ4n) is 7.10. The third-order valence-corrected chi connectivity index (χ3v) is 17.2. The largest absolute Gasteiger partial charge is 0.504 e. The lowest BCUT2D eigenvalue weighted by Gasteiger charge is -2.43. The normalized spacial score (nSPS) is 20.0. The van der Waals surface area contributed by atoms with Gasteiger partial charge in [0.15, 0.2) is 21.3 Å². The van der Waals surface area contributed by atoms with Crippen LogP contribution in [0, 0.1) is 3.57 Å². The van der Waals surface area contributed by atoms with Gasteiger partial charge in [-0.1, -0.05) is 100 Å². The van der Waals surface area contributed by atoms with Gasteiger partial charge in [0.05, 0.1) is 34.4 Å². The first-order valence-electron chi connectivity index (χ1n) is 16.1. The van der Waals surface area contributed by atoms with Crippen molar-refractivity contribution >= 4 is 64.3 Å². The first-order valence-corrected chi connectivity index (χ1v) is 20.8. The van der Waals surface area contributed by atoms with Gasteiger partial charge in [0.1, 0.15) is 0 Å². The second-order valence-corrected chi connectivity index (χ2v) is 21.0. The van der Waals surface area contributed by atoms with Crippen molar-refractivity contribution in [2.75, 3.05) is 19.5 Å². The predicted molar refractivity (Wildman–Crippen MR) is 201 cm³/mol. The molecule has 250 valence electrons. The molecule has 1 fully saturated rings. The second kappa shape index (κ2) is 14.6. The molecule has 0 amide bonds. The van der Waals surface area contributed by atoms with E-state index in [9.17, 15) is 18.5 Å². The molecular weight excluding hydrogens is 742 g/mol. The summed E-state index contributed by atoms with van der Waals surface area (Å²) in [6.07, 6.45) is 3.50. The molecule has 5 rings (SSSR count). The van der Waals surface area contributed by atoms with Crippen molar-refractivity contribution in [1.29, 1.82) is 0 Å². The molecule has 0 radical (unpaired) electrons. The number of methoxy groups -OCH3 is 1. The lowest BCUT2D eigenvalue weighted by molar-refractivity contribution is 0.168. The van der Waals surface area contributed by atoms with Gasteiger partial charge in [0.25, 0.3) is 8.32 Å². The van der Waals surface area contributed by atoms with E-state index in [1.165, 1.54) is 7.11 Å². The quantitative estimate of drug-likeness (QED) is 0.137. The molecule has 2 atom stereocenters. The number of phenols is 1. The summed E-state index contributed by atoms with van der Waals surface area (Å²) in [7, 11) is -6.08. The summed E-state index contributed by atoms with van der Waals surface area (Å²) in [6, 6.07) is 24.4. The number of fused-ring (bicyclic) bond motifs is 1. The highest BCUT2D eigenvalue weighted by molar-refractivity contribution is 14.1. The van der Waals surface area contributed by atoms with E-state index < -0.39 is 36.6 Å². The molecule has 2 N–H and O–H groups in total. The molecule has 2 aliphatic heterocycles. The average Bonchev–Trinajstić information content (AvgIpc) is 3.30. The van der Waals surface area contributed by atoms with Crippen LogP contribution in [0.4, 0.5) is 0 Å². The monoisotopic (exact) mass is 786 g/mol. The minimum atomic E-state index is -3.54. The van der Waals surface area contributed by atoms with E-state index in [1.807, 2.05) is 42.5 Å². The van der Waals surface area contributed by atoms with Crippen LogP contribution in [0.15, 0.2) is 89.5 Å². The maximum absolute atomic E-state index is 13.6. The Morgan fingerprint density at radius 3 is 2.26 bits per heavy atom. The summed E-state index contributed by atoms with van der Waals surface area (Å²) >= 11 is 2.08. The molecule has 0 aromatic heterocycles. The number of hydrogen-bond donors (Lipinski definition) is 2. The van der Waals surface area contributed by atoms with Crippen molar-refractivity contribution < 1.29 is 32.4 Å². The molecular formula is C36H44BIO7SSi. The average molecular weight is 787 g/mol. The molecule has 0 unspecified atom stereocenters. The first kappa shape index (κ1) is 35.9. The number of phenolic OH excluding ortho intramolecular Hbond substituents is 1. The fourth-order valence-corrected chi connectivity index (χ4v) is 14.4. The first-order chi connectivity index (χ1) is 22.3. The zero-order valence-corrected chi connectivity index (χ0v) is 31.7. The minimum Gasteiger partial charge on any atom is -0.504 e. The van der Waals surface area contributed by atoms with Crippen molar-refractivity contribution in [3.63, 3.8) is 0 Å². The summed E-state index contributed by atoms with van der Waals surface area (Å²) < 4.78 is 46.6. The third kappa shape index (κ3) is 7.45. The third-order valence-electron chi connectivity index (χ3n) is 9.35. The van der Waals surface area contributed by atoms with Crippen LogP contribution in [0.1, 0.15) is 52.5 Å². The highest BCUT2D eigenvalue weighted by Crippen LogP contribution is 2.42. The molecule has 0 aliphatic carbocycles. The number of ether oxygens (including phenoxy) is 1. The lowest BCUT2D eigenvalue weighted by atomic mass is 9.74. The topological polar surface area (TPSA) is 102 Å². The molecule has 1 saturated heterocycles. The van der Waals surface area contributed by atoms with Gasteiger partial charge in [0, 0.05) is 6.32 Å². The summed E-state index contributed by atoms with van der Waals surface area (Å²) in [5.41, 5.74) is 3.55. The van der Waals surface area contributed by atoms with E-state index in [2.05, 4.69) is 80.6 Å². The maximum atomic E-state index is 13.6. The Morgan fingerprint density at radius 1 is 1.09 bits per heavy atom. The Kier molecular flexibility index (Phi) is 11.1. The highest BCUT2D eigenvalue weighted by atomic mass is 127. The summed E-state index contributed by atoms with van der Waals surface area (Å²) in [5.74, 6) is 0.424. The molecule has 0 spiro atoms. The van der Waals surface area contributed by atoms with E-state index in [4.69, 9.17) is 13.8 Å². The summed E-state index contributed by atoms with van der Waals surface area (Å²) in [6.45, 7) is 8.87. The number of aromatic hydroxyl groups is 1. The van der Waals surface area contributed by atoms with Gasteiger partial charge in [-0.2, -0.15) is 0 Å². The van der Waals surface area contributed by atoms with Gasteiger partial charge in [-0.05, 0) is 86.1 Å². The van der Waals surface area contributed by atoms with E-state index in [0.717, 1.165) is 39.1 Å². The Morgan fingerprint density at radius 2 is 1.70 bits per heavy atom. The van der Waals surface area contributed by atoms with E-state index in [1.54, 1.807) is 6.07 Å². The summed E-state index contributed by atoms with van der Waals surface area (Å²) in [5, 5.41) is 22.2. The Hall–Kier alpha value is -2.42. The molecule has 47 heavy (non-hydrogen) atoms. The van der Waals surface area contributed by atoms with Crippen LogP contribution in [0.2, 0.25) is 11.4 Å². The Labute approximate surface area is 294 Å². The van der Waals surface area contributed by atoms with Crippen molar-refractivity contribution in [2.45, 2.75) is 69.7 Å². The van der Waals surface area contributed by atoms with E-state index in [-0.39, 0.29) is 29.5 Å². The lowest BCUT2D eigenvalue weighted by Crippen LogP contribution is -2.66. The molecule has 7 nitrogen and oxygen atoms in total. The fraction of sp³-hybridized carbons (Fsp3) is 0.389. The van der Waals surface area contributed by atoms with Gasteiger partial charge < -0.3 is 23.9 Å². The number of rotatable bonds is 11. The Balaban J connectivity index is 1.49. The molecule has 2 aliphatic rings. The van der Waals surface area contributed by atoms with Crippen molar-refractivity contribution in [3.8, 4) is 11.5 Å². The maximum Gasteiger partial charge on any atom is 0.456 e. The second-order valence-electron chi connectivity index (χ2n) is 13.4. The van der Waals surface area contributed by atoms with Gasteiger partial charge >= 0.3 is 7.12 Å². The van der Waals surface area contributed by atoms with Crippen molar-refractivity contribution in [1.82, 2.24) is 0 Å². The van der Waals surface area contributed by atoms with Crippen LogP contribution < -0.4 is 15.1 Å². The number of allylic oxidation sites excluding steroid dienone is 1. The molecule has 2 heterocycles. The van der Waals surface area contributed by atoms with Gasteiger partial charge in [0.2, 0.25) is 0 Å². The van der Waals surface area contributed by atoms with Gasteiger partial charge in [-0.15, -0.1) is 0 Å². The van der Waals surface area contributed by atoms with Crippen LogP contribution in [-0.2, 0) is 18.9 Å². The summed E-state index contributed by atoms with van der Waals surface area (Å²) in [4.78, 5) is 0. The van der Waals surface area contributed by atoms with Crippen LogP contribution in [0.5, 0.6) is 11.5 Å². The van der Waals surface area contributed by atoms with Crippen LogP contribution in [-0.4, -0.2) is 64.8 Å². The highest BCUT2D eigenvalue weighted by Gasteiger charge is 2.52. The molecule has 3 aromatic carbocycles. The van der Waals surface area contributed by atoms with Gasteiger partial charge in [-0.3, -0.25) is 0 Å². The molecule has 0 saturated carbocycles. The van der Waals surface area contributed by atoms with E-state index in [0.29, 0.717) is 22.2 Å². The Bertz CT molecular complexity index is 1700. The number of halogens is 1. The predicted octanol–water partition coefficient (Wildman–Crippen LogP) is 6.13. The molecule has 11 heteroatoms. The number of sulfone groups is 1. The number of hydrogen-bond acceptors (Lipinski definition) is 7. The van der Waals surface area contributed by atoms with Crippen LogP contribution >= 0.6 is 22.6 Å².